The third-order valence-electron chi connectivity index (χ3n) is 3.87. The van der Waals surface area contributed by atoms with Crippen LogP contribution in [0.5, 0.6) is 0 Å². The van der Waals surface area contributed by atoms with Gasteiger partial charge in [-0.2, -0.15) is 0 Å². The first-order valence-electron chi connectivity index (χ1n) is 7.82. The number of carbonyl (C=O) groups is 1. The van der Waals surface area contributed by atoms with Gasteiger partial charge in [-0.15, -0.1) is 11.3 Å². The first-order chi connectivity index (χ1) is 12.6. The predicted octanol–water partition coefficient (Wildman–Crippen LogP) is 6.11. The highest BCUT2D eigenvalue weighted by Crippen LogP contribution is 2.29. The lowest BCUT2D eigenvalue weighted by Gasteiger charge is -2.18. The summed E-state index contributed by atoms with van der Waals surface area (Å²) >= 11 is 8.47. The van der Waals surface area contributed by atoms with Gasteiger partial charge in [0.25, 0.3) is 5.91 Å². The summed E-state index contributed by atoms with van der Waals surface area (Å²) in [6.07, 6.45) is 1.84. The largest absolute Gasteiger partial charge is 0.282 e. The van der Waals surface area contributed by atoms with Gasteiger partial charge in [-0.3, -0.25) is 9.69 Å². The van der Waals surface area contributed by atoms with Crippen LogP contribution >= 0.6 is 43.2 Å². The number of thiophene rings is 1. The standard InChI is InChI=1S/C20H12Br2N2OS/c21-14-5-3-13(4-6-14)19-23-18(12-17-2-1-11-26-17)20(25)24(19)16-9-7-15(22)8-10-16/h1-12H/b18-12+. The van der Waals surface area contributed by atoms with Crippen molar-refractivity contribution in [2.45, 2.75) is 0 Å². The average Bonchev–Trinajstić information content (AvgIpc) is 3.26. The number of rotatable bonds is 3. The van der Waals surface area contributed by atoms with Crippen LogP contribution in [0.1, 0.15) is 10.4 Å². The van der Waals surface area contributed by atoms with E-state index in [0.717, 1.165) is 25.1 Å². The smallest absolute Gasteiger partial charge is 0.266 e. The first-order valence-corrected chi connectivity index (χ1v) is 10.3. The molecule has 6 heteroatoms. The fourth-order valence-electron chi connectivity index (χ4n) is 2.65. The Labute approximate surface area is 172 Å². The van der Waals surface area contributed by atoms with Crippen molar-refractivity contribution >= 4 is 66.7 Å². The molecule has 128 valence electrons. The van der Waals surface area contributed by atoms with E-state index in [-0.39, 0.29) is 5.91 Å². The Morgan fingerprint density at radius 3 is 2.19 bits per heavy atom. The molecule has 0 aliphatic carbocycles. The number of aliphatic imine (C=N–C) groups is 1. The topological polar surface area (TPSA) is 32.7 Å². The number of nitrogens with zero attached hydrogens (tertiary/aromatic N) is 2. The second-order valence-electron chi connectivity index (χ2n) is 5.60. The zero-order valence-corrected chi connectivity index (χ0v) is 17.4. The molecule has 1 aliphatic rings. The van der Waals surface area contributed by atoms with Gasteiger partial charge in [-0.1, -0.05) is 50.1 Å². The van der Waals surface area contributed by atoms with Crippen LogP contribution in [0.4, 0.5) is 5.69 Å². The lowest BCUT2D eigenvalue weighted by atomic mass is 10.2. The summed E-state index contributed by atoms with van der Waals surface area (Å²) in [5, 5.41) is 1.98. The molecule has 1 aromatic heterocycles. The highest BCUT2D eigenvalue weighted by molar-refractivity contribution is 9.10. The van der Waals surface area contributed by atoms with E-state index in [9.17, 15) is 4.79 Å². The van der Waals surface area contributed by atoms with Crippen LogP contribution in [-0.4, -0.2) is 11.7 Å². The number of amidine groups is 1. The van der Waals surface area contributed by atoms with E-state index in [2.05, 4.69) is 36.9 Å². The summed E-state index contributed by atoms with van der Waals surface area (Å²) in [6.45, 7) is 0. The number of anilines is 1. The lowest BCUT2D eigenvalue weighted by molar-refractivity contribution is -0.113. The number of carbonyl (C=O) groups excluding carboxylic acids is 1. The van der Waals surface area contributed by atoms with Crippen LogP contribution in [-0.2, 0) is 4.79 Å². The van der Waals surface area contributed by atoms with E-state index < -0.39 is 0 Å². The zero-order chi connectivity index (χ0) is 18.1. The fourth-order valence-corrected chi connectivity index (χ4v) is 3.83. The van der Waals surface area contributed by atoms with Crippen molar-refractivity contribution in [2.24, 2.45) is 4.99 Å². The third-order valence-corrected chi connectivity index (χ3v) is 5.75. The van der Waals surface area contributed by atoms with Crippen LogP contribution in [0.15, 0.2) is 85.7 Å². The quantitative estimate of drug-likeness (QED) is 0.410. The summed E-state index contributed by atoms with van der Waals surface area (Å²) < 4.78 is 1.94. The lowest BCUT2D eigenvalue weighted by Crippen LogP contribution is -2.32. The van der Waals surface area contributed by atoms with Crippen molar-refractivity contribution in [3.05, 3.63) is 91.1 Å². The molecule has 0 radical (unpaired) electrons. The highest BCUT2D eigenvalue weighted by atomic mass is 79.9. The minimum atomic E-state index is -0.126. The first kappa shape index (κ1) is 17.4. The average molecular weight is 488 g/mol. The summed E-state index contributed by atoms with van der Waals surface area (Å²) in [4.78, 5) is 20.4. The highest BCUT2D eigenvalue weighted by Gasteiger charge is 2.32. The van der Waals surface area contributed by atoms with Gasteiger partial charge < -0.3 is 0 Å². The van der Waals surface area contributed by atoms with E-state index in [1.807, 2.05) is 72.1 Å². The maximum absolute atomic E-state index is 13.1. The molecule has 0 saturated carbocycles. The van der Waals surface area contributed by atoms with Crippen molar-refractivity contribution in [1.82, 2.24) is 0 Å². The minimum absolute atomic E-state index is 0.126. The van der Waals surface area contributed by atoms with E-state index in [1.54, 1.807) is 16.2 Å². The van der Waals surface area contributed by atoms with Gasteiger partial charge >= 0.3 is 0 Å². The van der Waals surface area contributed by atoms with E-state index in [1.165, 1.54) is 0 Å². The second-order valence-corrected chi connectivity index (χ2v) is 8.41. The van der Waals surface area contributed by atoms with E-state index >= 15 is 0 Å². The Kier molecular flexibility index (Phi) is 4.89. The molecule has 4 rings (SSSR count). The van der Waals surface area contributed by atoms with Crippen molar-refractivity contribution in [1.29, 1.82) is 0 Å². The Balaban J connectivity index is 1.82. The third kappa shape index (κ3) is 3.45. The van der Waals surface area contributed by atoms with Crippen molar-refractivity contribution in [3.8, 4) is 0 Å². The summed E-state index contributed by atoms with van der Waals surface area (Å²) in [7, 11) is 0. The Morgan fingerprint density at radius 2 is 1.58 bits per heavy atom. The van der Waals surface area contributed by atoms with E-state index in [4.69, 9.17) is 0 Å². The van der Waals surface area contributed by atoms with Gasteiger partial charge in [-0.05, 0) is 53.9 Å². The molecule has 3 nitrogen and oxygen atoms in total. The predicted molar refractivity (Wildman–Crippen MR) is 115 cm³/mol. The normalized spacial score (nSPS) is 15.6. The molecule has 0 fully saturated rings. The monoisotopic (exact) mass is 486 g/mol. The second kappa shape index (κ2) is 7.31. The molecule has 0 N–H and O–H groups in total. The Morgan fingerprint density at radius 1 is 0.923 bits per heavy atom. The molecule has 1 aliphatic heterocycles. The van der Waals surface area contributed by atoms with Crippen molar-refractivity contribution in [3.63, 3.8) is 0 Å². The van der Waals surface area contributed by atoms with Crippen LogP contribution in [0.3, 0.4) is 0 Å². The molecule has 2 heterocycles. The molecule has 3 aromatic rings. The number of hydrogen-bond donors (Lipinski definition) is 0. The van der Waals surface area contributed by atoms with Gasteiger partial charge in [0.05, 0.1) is 5.69 Å². The summed E-state index contributed by atoms with van der Waals surface area (Å²) in [5.41, 5.74) is 2.11. The molecular formula is C20H12Br2N2OS. The van der Waals surface area contributed by atoms with Crippen LogP contribution < -0.4 is 4.90 Å². The molecule has 0 saturated heterocycles. The maximum atomic E-state index is 13.1. The molecule has 0 spiro atoms. The Bertz CT molecular complexity index is 1010. The Hall–Kier alpha value is -2.02. The molecule has 0 unspecified atom stereocenters. The molecule has 1 amide bonds. The van der Waals surface area contributed by atoms with Gasteiger partial charge in [0.15, 0.2) is 0 Å². The molecule has 0 atom stereocenters. The molecular weight excluding hydrogens is 476 g/mol. The van der Waals surface area contributed by atoms with E-state index in [0.29, 0.717) is 11.5 Å². The number of benzene rings is 2. The number of halogens is 2. The fraction of sp³-hybridized carbons (Fsp3) is 0. The van der Waals surface area contributed by atoms with Gasteiger partial charge in [-0.25, -0.2) is 4.99 Å². The zero-order valence-electron chi connectivity index (χ0n) is 13.4. The maximum Gasteiger partial charge on any atom is 0.282 e. The van der Waals surface area contributed by atoms with Gasteiger partial charge in [0.1, 0.15) is 11.5 Å². The van der Waals surface area contributed by atoms with Crippen LogP contribution in [0.25, 0.3) is 6.08 Å². The van der Waals surface area contributed by atoms with Gasteiger partial charge in [0.2, 0.25) is 0 Å². The summed E-state index contributed by atoms with van der Waals surface area (Å²) in [6, 6.07) is 19.4. The van der Waals surface area contributed by atoms with Crippen LogP contribution in [0, 0.1) is 0 Å². The SMILES string of the molecule is O=C1/C(=C\c2cccs2)N=C(c2ccc(Br)cc2)N1c1ccc(Br)cc1. The van der Waals surface area contributed by atoms with Crippen molar-refractivity contribution in [2.75, 3.05) is 4.90 Å². The summed E-state index contributed by atoms with van der Waals surface area (Å²) in [5.74, 6) is 0.506. The van der Waals surface area contributed by atoms with Gasteiger partial charge in [0, 0.05) is 19.4 Å². The minimum Gasteiger partial charge on any atom is -0.266 e. The van der Waals surface area contributed by atoms with Crippen molar-refractivity contribution < 1.29 is 4.79 Å². The van der Waals surface area contributed by atoms with Crippen LogP contribution in [0.2, 0.25) is 0 Å². The molecule has 0 bridgehead atoms. The molecule has 26 heavy (non-hydrogen) atoms. The number of hydrogen-bond acceptors (Lipinski definition) is 3. The number of amides is 1. The molecule has 2 aromatic carbocycles.